The second-order valence-electron chi connectivity index (χ2n) is 4.11. The molecule has 0 radical (unpaired) electrons. The van der Waals surface area contributed by atoms with Gasteiger partial charge in [0.2, 0.25) is 0 Å². The van der Waals surface area contributed by atoms with Gasteiger partial charge >= 0.3 is 0 Å². The van der Waals surface area contributed by atoms with E-state index in [9.17, 15) is 0 Å². The van der Waals surface area contributed by atoms with Gasteiger partial charge in [-0.05, 0) is 44.6 Å². The Labute approximate surface area is 105 Å². The first-order valence-electron chi connectivity index (χ1n) is 6.34. The third kappa shape index (κ3) is 4.02. The van der Waals surface area contributed by atoms with Crippen LogP contribution in [0.2, 0.25) is 0 Å². The van der Waals surface area contributed by atoms with Crippen LogP contribution in [0, 0.1) is 6.92 Å². The van der Waals surface area contributed by atoms with E-state index < -0.39 is 0 Å². The first-order valence-corrected chi connectivity index (χ1v) is 6.34. The van der Waals surface area contributed by atoms with Gasteiger partial charge < -0.3 is 15.4 Å². The molecule has 3 nitrogen and oxygen atoms in total. The van der Waals surface area contributed by atoms with Gasteiger partial charge in [0.05, 0.1) is 6.61 Å². The van der Waals surface area contributed by atoms with Crippen molar-refractivity contribution < 1.29 is 4.74 Å². The summed E-state index contributed by atoms with van der Waals surface area (Å²) in [6.45, 7) is 8.88. The number of ether oxygens (including phenoxy) is 1. The van der Waals surface area contributed by atoms with Crippen molar-refractivity contribution in [1.29, 1.82) is 0 Å². The third-order valence-corrected chi connectivity index (χ3v) is 2.85. The first kappa shape index (κ1) is 14.0. The highest BCUT2D eigenvalue weighted by molar-refractivity contribution is 5.37. The number of hydrogen-bond donors (Lipinski definition) is 2. The van der Waals surface area contributed by atoms with E-state index in [-0.39, 0.29) is 0 Å². The number of likely N-dealkylation sites (N-methyl/N-ethyl adjacent to an activating group) is 2. The van der Waals surface area contributed by atoms with Crippen molar-refractivity contribution >= 4 is 0 Å². The van der Waals surface area contributed by atoms with Crippen LogP contribution in [0.4, 0.5) is 0 Å². The second-order valence-corrected chi connectivity index (χ2v) is 4.11. The zero-order valence-corrected chi connectivity index (χ0v) is 11.3. The molecule has 1 aromatic rings. The molecule has 0 aliphatic carbocycles. The van der Waals surface area contributed by atoms with Crippen LogP contribution >= 0.6 is 0 Å². The summed E-state index contributed by atoms with van der Waals surface area (Å²) in [5.74, 6) is 0.981. The minimum Gasteiger partial charge on any atom is -0.494 e. The number of rotatable bonds is 7. The van der Waals surface area contributed by atoms with Gasteiger partial charge in [-0.3, -0.25) is 0 Å². The van der Waals surface area contributed by atoms with E-state index in [1.54, 1.807) is 0 Å². The van der Waals surface area contributed by atoms with E-state index in [0.717, 1.165) is 18.8 Å². The molecule has 0 fully saturated rings. The Bertz CT molecular complexity index is 339. The predicted octanol–water partition coefficient (Wildman–Crippen LogP) is 2.26. The largest absolute Gasteiger partial charge is 0.494 e. The maximum atomic E-state index is 5.55. The molecule has 0 aliphatic heterocycles. The van der Waals surface area contributed by atoms with Crippen molar-refractivity contribution in [2.24, 2.45) is 0 Å². The van der Waals surface area contributed by atoms with Crippen molar-refractivity contribution in [1.82, 2.24) is 10.6 Å². The minimum absolute atomic E-state index is 0.351. The molecule has 1 unspecified atom stereocenters. The molecule has 96 valence electrons. The smallest absolute Gasteiger partial charge is 0.122 e. The van der Waals surface area contributed by atoms with Crippen LogP contribution in [0.25, 0.3) is 0 Å². The van der Waals surface area contributed by atoms with Crippen molar-refractivity contribution in [2.45, 2.75) is 26.8 Å². The van der Waals surface area contributed by atoms with E-state index in [1.807, 2.05) is 14.0 Å². The molecule has 0 bridgehead atoms. The Kier molecular flexibility index (Phi) is 6.01. The summed E-state index contributed by atoms with van der Waals surface area (Å²) in [5.41, 5.74) is 2.50. The molecule has 0 aliphatic rings. The lowest BCUT2D eigenvalue weighted by Gasteiger charge is -2.18. The Morgan fingerprint density at radius 1 is 1.29 bits per heavy atom. The highest BCUT2D eigenvalue weighted by Crippen LogP contribution is 2.22. The lowest BCUT2D eigenvalue weighted by Crippen LogP contribution is -2.29. The normalized spacial score (nSPS) is 12.5. The fraction of sp³-hybridized carbons (Fsp3) is 0.571. The Morgan fingerprint density at radius 2 is 2.06 bits per heavy atom. The van der Waals surface area contributed by atoms with Gasteiger partial charge in [0.25, 0.3) is 0 Å². The molecule has 0 spiro atoms. The maximum Gasteiger partial charge on any atom is 0.122 e. The topological polar surface area (TPSA) is 33.3 Å². The second kappa shape index (κ2) is 7.30. The molecule has 0 aromatic heterocycles. The van der Waals surface area contributed by atoms with Crippen LogP contribution in [0.1, 0.15) is 31.0 Å². The van der Waals surface area contributed by atoms with Gasteiger partial charge in [0.15, 0.2) is 0 Å². The quantitative estimate of drug-likeness (QED) is 0.762. The van der Waals surface area contributed by atoms with Crippen molar-refractivity contribution in [3.63, 3.8) is 0 Å². The highest BCUT2D eigenvalue weighted by Gasteiger charge is 2.10. The van der Waals surface area contributed by atoms with Gasteiger partial charge in [-0.1, -0.05) is 19.1 Å². The molecule has 3 heteroatoms. The van der Waals surface area contributed by atoms with E-state index in [2.05, 4.69) is 42.7 Å². The van der Waals surface area contributed by atoms with Crippen LogP contribution in [-0.4, -0.2) is 26.7 Å². The van der Waals surface area contributed by atoms with Crippen LogP contribution in [0.5, 0.6) is 5.75 Å². The molecule has 0 heterocycles. The molecule has 2 N–H and O–H groups in total. The van der Waals surface area contributed by atoms with E-state index in [0.29, 0.717) is 12.6 Å². The summed E-state index contributed by atoms with van der Waals surface area (Å²) >= 11 is 0. The summed E-state index contributed by atoms with van der Waals surface area (Å²) in [6.07, 6.45) is 0. The van der Waals surface area contributed by atoms with Gasteiger partial charge in [0, 0.05) is 12.6 Å². The lowest BCUT2D eigenvalue weighted by molar-refractivity contribution is 0.337. The fourth-order valence-electron chi connectivity index (χ4n) is 1.88. The summed E-state index contributed by atoms with van der Waals surface area (Å²) in [6, 6.07) is 6.74. The van der Waals surface area contributed by atoms with E-state index in [1.165, 1.54) is 11.1 Å². The monoisotopic (exact) mass is 236 g/mol. The highest BCUT2D eigenvalue weighted by atomic mass is 16.5. The standard InChI is InChI=1S/C14H24N2O/c1-5-16-10-13(15-4)12-7-8-14(17-6-2)11(3)9-12/h7-9,13,15-16H,5-6,10H2,1-4H3. The summed E-state index contributed by atoms with van der Waals surface area (Å²) in [5, 5.41) is 6.69. The van der Waals surface area contributed by atoms with E-state index >= 15 is 0 Å². The molecule has 17 heavy (non-hydrogen) atoms. The fourth-order valence-corrected chi connectivity index (χ4v) is 1.88. The van der Waals surface area contributed by atoms with Crippen molar-refractivity contribution in [3.05, 3.63) is 29.3 Å². The lowest BCUT2D eigenvalue weighted by atomic mass is 10.0. The Balaban J connectivity index is 2.79. The zero-order chi connectivity index (χ0) is 12.7. The van der Waals surface area contributed by atoms with Gasteiger partial charge in [-0.25, -0.2) is 0 Å². The maximum absolute atomic E-state index is 5.55. The third-order valence-electron chi connectivity index (χ3n) is 2.85. The summed E-state index contributed by atoms with van der Waals surface area (Å²) in [7, 11) is 1.99. The van der Waals surface area contributed by atoms with Gasteiger partial charge in [-0.2, -0.15) is 0 Å². The van der Waals surface area contributed by atoms with E-state index in [4.69, 9.17) is 4.74 Å². The molecule has 1 rings (SSSR count). The van der Waals surface area contributed by atoms with Crippen LogP contribution in [0.3, 0.4) is 0 Å². The molecule has 1 atom stereocenters. The predicted molar refractivity (Wildman–Crippen MR) is 72.7 cm³/mol. The molecule has 0 amide bonds. The summed E-state index contributed by atoms with van der Waals surface area (Å²) in [4.78, 5) is 0. The van der Waals surface area contributed by atoms with Crippen molar-refractivity contribution in [2.75, 3.05) is 26.7 Å². The SMILES string of the molecule is CCNCC(NC)c1ccc(OCC)c(C)c1. The number of aryl methyl sites for hydroxylation is 1. The Morgan fingerprint density at radius 3 is 2.59 bits per heavy atom. The van der Waals surface area contributed by atoms with Crippen LogP contribution in [-0.2, 0) is 0 Å². The van der Waals surface area contributed by atoms with Crippen LogP contribution < -0.4 is 15.4 Å². The molecular formula is C14H24N2O. The van der Waals surface area contributed by atoms with Crippen LogP contribution in [0.15, 0.2) is 18.2 Å². The summed E-state index contributed by atoms with van der Waals surface area (Å²) < 4.78 is 5.55. The van der Waals surface area contributed by atoms with Gasteiger partial charge in [0.1, 0.15) is 5.75 Å². The number of hydrogen-bond acceptors (Lipinski definition) is 3. The number of benzene rings is 1. The molecule has 0 saturated heterocycles. The minimum atomic E-state index is 0.351. The number of nitrogens with one attached hydrogen (secondary N) is 2. The molecule has 0 saturated carbocycles. The Hall–Kier alpha value is -1.06. The first-order chi connectivity index (χ1) is 8.22. The van der Waals surface area contributed by atoms with Crippen molar-refractivity contribution in [3.8, 4) is 5.75 Å². The average Bonchev–Trinajstić information content (AvgIpc) is 2.33. The van der Waals surface area contributed by atoms with Gasteiger partial charge in [-0.15, -0.1) is 0 Å². The molecule has 1 aromatic carbocycles. The molecular weight excluding hydrogens is 212 g/mol. The average molecular weight is 236 g/mol. The zero-order valence-electron chi connectivity index (χ0n) is 11.3.